The van der Waals surface area contributed by atoms with E-state index in [1.807, 2.05) is 13.8 Å². The number of carbonyl (C=O) groups is 2. The quantitative estimate of drug-likeness (QED) is 0.259. The minimum Gasteiger partial charge on any atom is -0.478 e. The number of aliphatic hydroxyl groups excluding tert-OH is 4. The molecule has 5 N–H and O–H groups in total. The smallest absolute Gasteiger partial charge is 0.339 e. The number of aromatic carboxylic acids is 1. The molecule has 0 aromatic heterocycles. The zero-order chi connectivity index (χ0) is 21.1. The number of carboxylic acid groups (broad SMARTS) is 1. The molecular formula is C18H28O8S. The maximum absolute atomic E-state index is 11.7. The highest BCUT2D eigenvalue weighted by Crippen LogP contribution is 2.17. The molecule has 0 spiro atoms. The van der Waals surface area contributed by atoms with Crippen LogP contribution in [0, 0.1) is 5.41 Å². The van der Waals surface area contributed by atoms with Crippen molar-refractivity contribution in [1.82, 2.24) is 0 Å². The third-order valence-corrected chi connectivity index (χ3v) is 3.89. The van der Waals surface area contributed by atoms with Crippen LogP contribution in [0.25, 0.3) is 0 Å². The van der Waals surface area contributed by atoms with Gasteiger partial charge in [-0.25, -0.2) is 9.59 Å². The first-order valence-corrected chi connectivity index (χ1v) is 8.66. The fourth-order valence-electron chi connectivity index (χ4n) is 1.62. The average molecular weight is 404 g/mol. The van der Waals surface area contributed by atoms with Crippen molar-refractivity contribution in [3.8, 4) is 0 Å². The van der Waals surface area contributed by atoms with E-state index in [-0.39, 0.29) is 22.5 Å². The summed E-state index contributed by atoms with van der Waals surface area (Å²) in [4.78, 5) is 22.7. The summed E-state index contributed by atoms with van der Waals surface area (Å²) in [5.74, 6) is -1.76. The number of esters is 1. The van der Waals surface area contributed by atoms with Crippen LogP contribution in [0.3, 0.4) is 0 Å². The second-order valence-corrected chi connectivity index (χ2v) is 7.89. The van der Waals surface area contributed by atoms with Gasteiger partial charge in [0.2, 0.25) is 0 Å². The van der Waals surface area contributed by atoms with Crippen LogP contribution in [0.1, 0.15) is 41.0 Å². The lowest BCUT2D eigenvalue weighted by Crippen LogP contribution is -2.37. The summed E-state index contributed by atoms with van der Waals surface area (Å²) in [6, 6.07) is 5.99. The molecule has 1 aromatic carbocycles. The van der Waals surface area contributed by atoms with Gasteiger partial charge in [0.1, 0.15) is 0 Å². The van der Waals surface area contributed by atoms with E-state index in [4.69, 9.17) is 30.3 Å². The molecule has 0 radical (unpaired) electrons. The van der Waals surface area contributed by atoms with Gasteiger partial charge >= 0.3 is 11.9 Å². The Morgan fingerprint density at radius 2 is 1.41 bits per heavy atom. The molecule has 0 unspecified atom stereocenters. The topological polar surface area (TPSA) is 145 Å². The van der Waals surface area contributed by atoms with Gasteiger partial charge in [-0.1, -0.05) is 26.0 Å². The van der Waals surface area contributed by atoms with Crippen LogP contribution in [0.2, 0.25) is 0 Å². The first-order chi connectivity index (χ1) is 12.6. The van der Waals surface area contributed by atoms with Crippen LogP contribution in [0.15, 0.2) is 24.3 Å². The van der Waals surface area contributed by atoms with E-state index in [2.05, 4.69) is 12.6 Å². The first-order valence-electron chi connectivity index (χ1n) is 8.21. The summed E-state index contributed by atoms with van der Waals surface area (Å²) < 4.78 is 4.81. The lowest BCUT2D eigenvalue weighted by atomic mass is 9.93. The van der Waals surface area contributed by atoms with Crippen molar-refractivity contribution in [3.05, 3.63) is 35.4 Å². The standard InChI is InChI=1S/C13H16O4S.C5H12O4/c1-13(2,18)7-8-17-12(16)10-6-4-3-5-9(10)11(14)15;6-1-5(2-7,3-8)4-9/h3-6,18H,7-8H2,1-2H3,(H,14,15);6-9H,1-4H2. The second kappa shape index (κ2) is 11.9. The van der Waals surface area contributed by atoms with Gasteiger partial charge in [0, 0.05) is 4.75 Å². The normalized spacial score (nSPS) is 11.4. The Bertz CT molecular complexity index is 576. The van der Waals surface area contributed by atoms with Gasteiger partial charge in [0.15, 0.2) is 0 Å². The summed E-state index contributed by atoms with van der Waals surface area (Å²) >= 11 is 4.31. The number of hydrogen-bond acceptors (Lipinski definition) is 8. The van der Waals surface area contributed by atoms with Gasteiger partial charge in [0.05, 0.1) is 49.6 Å². The van der Waals surface area contributed by atoms with Crippen LogP contribution >= 0.6 is 12.6 Å². The summed E-state index contributed by atoms with van der Waals surface area (Å²) in [5, 5.41) is 42.9. The number of carboxylic acids is 1. The number of ether oxygens (including phenoxy) is 1. The number of rotatable bonds is 9. The van der Waals surface area contributed by atoms with Gasteiger partial charge in [-0.05, 0) is 18.6 Å². The molecule has 0 amide bonds. The number of aliphatic hydroxyl groups is 4. The Balaban J connectivity index is 0.000000636. The number of benzene rings is 1. The van der Waals surface area contributed by atoms with Gasteiger partial charge in [-0.2, -0.15) is 12.6 Å². The zero-order valence-electron chi connectivity index (χ0n) is 15.5. The Hall–Kier alpha value is -1.65. The van der Waals surface area contributed by atoms with Gasteiger partial charge in [-0.15, -0.1) is 0 Å². The first kappa shape index (κ1) is 25.4. The summed E-state index contributed by atoms with van der Waals surface area (Å²) in [7, 11) is 0. The van der Waals surface area contributed by atoms with E-state index in [1.165, 1.54) is 12.1 Å². The molecule has 0 aliphatic carbocycles. The van der Waals surface area contributed by atoms with Crippen molar-refractivity contribution < 1.29 is 39.9 Å². The van der Waals surface area contributed by atoms with Crippen molar-refractivity contribution in [3.63, 3.8) is 0 Å². The van der Waals surface area contributed by atoms with Crippen molar-refractivity contribution >= 4 is 24.6 Å². The van der Waals surface area contributed by atoms with Crippen molar-refractivity contribution in [2.75, 3.05) is 33.0 Å². The summed E-state index contributed by atoms with van der Waals surface area (Å²) in [6.45, 7) is 2.41. The molecule has 0 heterocycles. The van der Waals surface area contributed by atoms with E-state index >= 15 is 0 Å². The maximum Gasteiger partial charge on any atom is 0.339 e. The van der Waals surface area contributed by atoms with E-state index in [9.17, 15) is 9.59 Å². The Kier molecular flexibility index (Phi) is 11.2. The molecule has 154 valence electrons. The Labute approximate surface area is 163 Å². The number of hydrogen-bond donors (Lipinski definition) is 6. The van der Waals surface area contributed by atoms with Crippen LogP contribution in [-0.4, -0.2) is 75.3 Å². The lowest BCUT2D eigenvalue weighted by molar-refractivity contribution is -0.0328. The van der Waals surface area contributed by atoms with Gasteiger partial charge in [-0.3, -0.25) is 0 Å². The van der Waals surface area contributed by atoms with Gasteiger partial charge < -0.3 is 30.3 Å². The Morgan fingerprint density at radius 3 is 1.74 bits per heavy atom. The molecule has 0 aliphatic heterocycles. The SMILES string of the molecule is CC(C)(S)CCOC(=O)c1ccccc1C(=O)O.OCC(CO)(CO)CO. The molecular weight excluding hydrogens is 376 g/mol. The number of thiol groups is 1. The molecule has 8 nitrogen and oxygen atoms in total. The highest BCUT2D eigenvalue weighted by atomic mass is 32.1. The molecule has 9 heteroatoms. The molecule has 27 heavy (non-hydrogen) atoms. The number of carbonyl (C=O) groups excluding carboxylic acids is 1. The van der Waals surface area contributed by atoms with E-state index in [0.717, 1.165) is 0 Å². The molecule has 0 fully saturated rings. The van der Waals surface area contributed by atoms with Crippen LogP contribution in [0.5, 0.6) is 0 Å². The monoisotopic (exact) mass is 404 g/mol. The Morgan fingerprint density at radius 1 is 0.963 bits per heavy atom. The van der Waals surface area contributed by atoms with E-state index in [0.29, 0.717) is 6.42 Å². The fourth-order valence-corrected chi connectivity index (χ4v) is 1.71. The van der Waals surface area contributed by atoms with E-state index in [1.54, 1.807) is 12.1 Å². The van der Waals surface area contributed by atoms with Crippen molar-refractivity contribution in [2.24, 2.45) is 5.41 Å². The second-order valence-electron chi connectivity index (χ2n) is 6.68. The molecule has 1 aromatic rings. The van der Waals surface area contributed by atoms with Crippen LogP contribution < -0.4 is 0 Å². The molecule has 0 aliphatic rings. The van der Waals surface area contributed by atoms with Crippen LogP contribution in [0.4, 0.5) is 0 Å². The highest BCUT2D eigenvalue weighted by molar-refractivity contribution is 7.81. The predicted octanol–water partition coefficient (Wildman–Crippen LogP) is 0.582. The summed E-state index contributed by atoms with van der Waals surface area (Å²) in [5.41, 5.74) is -1.09. The molecule has 0 saturated heterocycles. The minimum atomic E-state index is -1.14. The van der Waals surface area contributed by atoms with Crippen LogP contribution in [-0.2, 0) is 4.74 Å². The molecule has 1 rings (SSSR count). The third-order valence-electron chi connectivity index (χ3n) is 3.67. The fraction of sp³-hybridized carbons (Fsp3) is 0.556. The van der Waals surface area contributed by atoms with Gasteiger partial charge in [0.25, 0.3) is 0 Å². The largest absolute Gasteiger partial charge is 0.478 e. The highest BCUT2D eigenvalue weighted by Gasteiger charge is 2.26. The maximum atomic E-state index is 11.7. The lowest BCUT2D eigenvalue weighted by Gasteiger charge is -2.23. The average Bonchev–Trinajstić information content (AvgIpc) is 2.63. The molecule has 0 atom stereocenters. The van der Waals surface area contributed by atoms with Crippen molar-refractivity contribution in [2.45, 2.75) is 25.0 Å². The minimum absolute atomic E-state index is 0.0485. The third kappa shape index (κ3) is 9.21. The van der Waals surface area contributed by atoms with E-state index < -0.39 is 43.8 Å². The predicted molar refractivity (Wildman–Crippen MR) is 102 cm³/mol. The summed E-state index contributed by atoms with van der Waals surface area (Å²) in [6.07, 6.45) is 0.594. The molecule has 0 bridgehead atoms. The molecule has 0 saturated carbocycles. The van der Waals surface area contributed by atoms with Crippen molar-refractivity contribution in [1.29, 1.82) is 0 Å². The zero-order valence-corrected chi connectivity index (χ0v) is 16.4.